The molecule has 3 rings (SSSR count). The molecule has 0 aliphatic carbocycles. The smallest absolute Gasteiger partial charge is 0.273 e. The molecule has 2 aromatic carbocycles. The van der Waals surface area contributed by atoms with Crippen LogP contribution in [0.15, 0.2) is 60.8 Å². The molecule has 1 aromatic heterocycles. The van der Waals surface area contributed by atoms with Crippen LogP contribution in [0.25, 0.3) is 0 Å². The molecule has 116 valence electrons. The molecule has 1 N–H and O–H groups in total. The van der Waals surface area contributed by atoms with Gasteiger partial charge >= 0.3 is 0 Å². The molecule has 5 nitrogen and oxygen atoms in total. The van der Waals surface area contributed by atoms with Crippen molar-refractivity contribution in [2.24, 2.45) is 0 Å². The van der Waals surface area contributed by atoms with Crippen molar-refractivity contribution < 1.29 is 9.18 Å². The summed E-state index contributed by atoms with van der Waals surface area (Å²) in [5.74, 6) is -0.613. The number of amides is 1. The molecular weight excluding hydrogens is 295 g/mol. The molecule has 0 saturated carbocycles. The highest BCUT2D eigenvalue weighted by Crippen LogP contribution is 2.04. The quantitative estimate of drug-likeness (QED) is 0.787. The van der Waals surface area contributed by atoms with Crippen molar-refractivity contribution in [3.8, 4) is 0 Å². The summed E-state index contributed by atoms with van der Waals surface area (Å²) in [4.78, 5) is 12.0. The number of carbonyl (C=O) groups excluding carboxylic acids is 1. The molecular formula is C17H15FN4O. The van der Waals surface area contributed by atoms with Gasteiger partial charge in [-0.2, -0.15) is 0 Å². The minimum atomic E-state index is -0.311. The molecule has 0 radical (unpaired) electrons. The molecule has 0 aliphatic rings. The highest BCUT2D eigenvalue weighted by Gasteiger charge is 2.10. The van der Waals surface area contributed by atoms with Crippen LogP contribution < -0.4 is 5.32 Å². The zero-order valence-corrected chi connectivity index (χ0v) is 12.3. The maximum atomic E-state index is 12.8. The van der Waals surface area contributed by atoms with Gasteiger partial charge < -0.3 is 5.32 Å². The monoisotopic (exact) mass is 310 g/mol. The summed E-state index contributed by atoms with van der Waals surface area (Å²) >= 11 is 0. The molecule has 0 atom stereocenters. The fourth-order valence-corrected chi connectivity index (χ4v) is 2.13. The number of rotatable bonds is 5. The average molecular weight is 310 g/mol. The minimum Gasteiger partial charge on any atom is -0.347 e. The van der Waals surface area contributed by atoms with Crippen LogP contribution in [-0.4, -0.2) is 20.9 Å². The van der Waals surface area contributed by atoms with E-state index in [2.05, 4.69) is 15.6 Å². The van der Waals surface area contributed by atoms with Gasteiger partial charge in [-0.1, -0.05) is 47.7 Å². The second-order valence-electron chi connectivity index (χ2n) is 5.10. The maximum absolute atomic E-state index is 12.8. The second kappa shape index (κ2) is 6.83. The number of carbonyl (C=O) groups is 1. The number of hydrogen-bond acceptors (Lipinski definition) is 3. The van der Waals surface area contributed by atoms with E-state index in [1.807, 2.05) is 30.3 Å². The Kier molecular flexibility index (Phi) is 4.42. The molecule has 1 heterocycles. The zero-order chi connectivity index (χ0) is 16.1. The molecule has 0 aliphatic heterocycles. The topological polar surface area (TPSA) is 59.8 Å². The Labute approximate surface area is 132 Å². The van der Waals surface area contributed by atoms with Crippen molar-refractivity contribution in [2.75, 3.05) is 0 Å². The molecule has 0 spiro atoms. The molecule has 0 fully saturated rings. The van der Waals surface area contributed by atoms with Gasteiger partial charge in [0.15, 0.2) is 5.69 Å². The van der Waals surface area contributed by atoms with Crippen LogP contribution in [0.2, 0.25) is 0 Å². The lowest BCUT2D eigenvalue weighted by molar-refractivity contribution is 0.0946. The number of nitrogens with zero attached hydrogens (tertiary/aromatic N) is 3. The van der Waals surface area contributed by atoms with Gasteiger partial charge in [0.1, 0.15) is 5.82 Å². The van der Waals surface area contributed by atoms with Crippen LogP contribution in [0.5, 0.6) is 0 Å². The number of nitrogens with one attached hydrogen (secondary N) is 1. The summed E-state index contributed by atoms with van der Waals surface area (Å²) in [5.41, 5.74) is 2.15. The van der Waals surface area contributed by atoms with Crippen LogP contribution >= 0.6 is 0 Å². The van der Waals surface area contributed by atoms with Crippen LogP contribution in [0.1, 0.15) is 21.6 Å². The molecule has 3 aromatic rings. The highest BCUT2D eigenvalue weighted by molar-refractivity contribution is 5.91. The first-order valence-corrected chi connectivity index (χ1v) is 7.17. The second-order valence-corrected chi connectivity index (χ2v) is 5.10. The van der Waals surface area contributed by atoms with Crippen LogP contribution in [0, 0.1) is 5.82 Å². The van der Waals surface area contributed by atoms with Crippen LogP contribution in [0.3, 0.4) is 0 Å². The Morgan fingerprint density at radius 2 is 1.78 bits per heavy atom. The van der Waals surface area contributed by atoms with E-state index in [0.29, 0.717) is 13.1 Å². The van der Waals surface area contributed by atoms with E-state index >= 15 is 0 Å². The van der Waals surface area contributed by atoms with E-state index in [9.17, 15) is 9.18 Å². The number of benzene rings is 2. The van der Waals surface area contributed by atoms with Gasteiger partial charge in [0.25, 0.3) is 5.91 Å². The third-order valence-electron chi connectivity index (χ3n) is 3.33. The lowest BCUT2D eigenvalue weighted by atomic mass is 10.2. The van der Waals surface area contributed by atoms with E-state index in [4.69, 9.17) is 0 Å². The fraction of sp³-hybridized carbons (Fsp3) is 0.118. The first-order valence-electron chi connectivity index (χ1n) is 7.17. The molecule has 0 saturated heterocycles. The summed E-state index contributed by atoms with van der Waals surface area (Å²) in [6.07, 6.45) is 1.60. The normalized spacial score (nSPS) is 10.5. The van der Waals surface area contributed by atoms with Gasteiger partial charge in [-0.25, -0.2) is 9.07 Å². The third kappa shape index (κ3) is 4.00. The van der Waals surface area contributed by atoms with Gasteiger partial charge in [0.2, 0.25) is 0 Å². The van der Waals surface area contributed by atoms with E-state index < -0.39 is 0 Å². The van der Waals surface area contributed by atoms with Gasteiger partial charge in [-0.15, -0.1) is 5.10 Å². The molecule has 1 amide bonds. The van der Waals surface area contributed by atoms with Crippen LogP contribution in [0.4, 0.5) is 4.39 Å². The Hall–Kier alpha value is -3.02. The molecule has 6 heteroatoms. The zero-order valence-electron chi connectivity index (χ0n) is 12.3. The predicted molar refractivity (Wildman–Crippen MR) is 83.1 cm³/mol. The van der Waals surface area contributed by atoms with E-state index in [0.717, 1.165) is 11.1 Å². The van der Waals surface area contributed by atoms with E-state index in [1.165, 1.54) is 12.1 Å². The van der Waals surface area contributed by atoms with E-state index in [1.54, 1.807) is 23.0 Å². The summed E-state index contributed by atoms with van der Waals surface area (Å²) in [5, 5.41) is 10.6. The highest BCUT2D eigenvalue weighted by atomic mass is 19.1. The number of hydrogen-bond donors (Lipinski definition) is 1. The molecule has 23 heavy (non-hydrogen) atoms. The van der Waals surface area contributed by atoms with Crippen LogP contribution in [-0.2, 0) is 13.1 Å². The predicted octanol–water partition coefficient (Wildman–Crippen LogP) is 2.40. The lowest BCUT2D eigenvalue weighted by Gasteiger charge is -2.03. The number of aromatic nitrogens is 3. The van der Waals surface area contributed by atoms with Crippen molar-refractivity contribution in [1.29, 1.82) is 0 Å². The standard InChI is InChI=1S/C17H15FN4O/c18-15-8-6-13(7-9-15)10-19-17(23)16-12-22(21-20-16)11-14-4-2-1-3-5-14/h1-9,12H,10-11H2,(H,19,23). The summed E-state index contributed by atoms with van der Waals surface area (Å²) < 4.78 is 14.4. The van der Waals surface area contributed by atoms with Crippen molar-refractivity contribution in [1.82, 2.24) is 20.3 Å². The third-order valence-corrected chi connectivity index (χ3v) is 3.33. The summed E-state index contributed by atoms with van der Waals surface area (Å²) in [6, 6.07) is 15.8. The first kappa shape index (κ1) is 14.9. The summed E-state index contributed by atoms with van der Waals surface area (Å²) in [7, 11) is 0. The molecule has 0 unspecified atom stereocenters. The maximum Gasteiger partial charge on any atom is 0.273 e. The van der Waals surface area contributed by atoms with Gasteiger partial charge in [-0.3, -0.25) is 4.79 Å². The van der Waals surface area contributed by atoms with Crippen molar-refractivity contribution in [2.45, 2.75) is 13.1 Å². The Morgan fingerprint density at radius 3 is 2.52 bits per heavy atom. The Morgan fingerprint density at radius 1 is 1.04 bits per heavy atom. The van der Waals surface area contributed by atoms with Gasteiger partial charge in [-0.05, 0) is 23.3 Å². The Bertz CT molecular complexity index is 784. The minimum absolute atomic E-state index is 0.253. The largest absolute Gasteiger partial charge is 0.347 e. The number of halogens is 1. The van der Waals surface area contributed by atoms with Crippen molar-refractivity contribution in [3.05, 3.63) is 83.4 Å². The SMILES string of the molecule is O=C(NCc1ccc(F)cc1)c1cn(Cc2ccccc2)nn1. The van der Waals surface area contributed by atoms with E-state index in [-0.39, 0.29) is 17.4 Å². The summed E-state index contributed by atoms with van der Waals surface area (Å²) in [6.45, 7) is 0.865. The first-order chi connectivity index (χ1) is 11.2. The van der Waals surface area contributed by atoms with Gasteiger partial charge in [0.05, 0.1) is 12.7 Å². The van der Waals surface area contributed by atoms with Crippen molar-refractivity contribution >= 4 is 5.91 Å². The van der Waals surface area contributed by atoms with Crippen molar-refractivity contribution in [3.63, 3.8) is 0 Å². The fourth-order valence-electron chi connectivity index (χ4n) is 2.13. The average Bonchev–Trinajstić information content (AvgIpc) is 3.03. The molecule has 0 bridgehead atoms. The van der Waals surface area contributed by atoms with Gasteiger partial charge in [0, 0.05) is 6.54 Å². The lowest BCUT2D eigenvalue weighted by Crippen LogP contribution is -2.23. The Balaban J connectivity index is 1.59.